The highest BCUT2D eigenvalue weighted by Crippen LogP contribution is 2.44. The fourth-order valence-electron chi connectivity index (χ4n) is 3.96. The molecule has 0 bridgehead atoms. The summed E-state index contributed by atoms with van der Waals surface area (Å²) in [5, 5.41) is 9.49. The summed E-state index contributed by atoms with van der Waals surface area (Å²) in [6, 6.07) is 17.7. The van der Waals surface area contributed by atoms with Gasteiger partial charge in [0.25, 0.3) is 0 Å². The summed E-state index contributed by atoms with van der Waals surface area (Å²) in [7, 11) is 0. The van der Waals surface area contributed by atoms with Crippen molar-refractivity contribution in [2.75, 3.05) is 6.61 Å². The van der Waals surface area contributed by atoms with E-state index >= 15 is 0 Å². The molecule has 1 aliphatic carbocycles. The normalized spacial score (nSPS) is 14.8. The molecule has 0 atom stereocenters. The van der Waals surface area contributed by atoms with Crippen LogP contribution >= 0.6 is 0 Å². The lowest BCUT2D eigenvalue weighted by molar-refractivity contribution is -0.154. The van der Waals surface area contributed by atoms with Gasteiger partial charge in [-0.1, -0.05) is 36.8 Å². The molecule has 0 amide bonds. The van der Waals surface area contributed by atoms with E-state index in [1.54, 1.807) is 0 Å². The molecule has 0 saturated heterocycles. The summed E-state index contributed by atoms with van der Waals surface area (Å²) in [4.78, 5) is 16.2. The number of oxazole rings is 1. The molecule has 1 saturated carbocycles. The number of nitrogens with zero attached hydrogens (tertiary/aromatic N) is 1. The van der Waals surface area contributed by atoms with Crippen LogP contribution in [0.4, 0.5) is 0 Å². The maximum atomic E-state index is 11.5. The number of aryl methyl sites for hydroxylation is 2. The zero-order valence-electron chi connectivity index (χ0n) is 17.3. The van der Waals surface area contributed by atoms with Crippen molar-refractivity contribution in [2.24, 2.45) is 5.41 Å². The van der Waals surface area contributed by atoms with E-state index in [4.69, 9.17) is 9.15 Å². The third-order valence-corrected chi connectivity index (χ3v) is 5.97. The topological polar surface area (TPSA) is 72.6 Å². The van der Waals surface area contributed by atoms with E-state index in [2.05, 4.69) is 4.98 Å². The molecule has 5 nitrogen and oxygen atoms in total. The van der Waals surface area contributed by atoms with Crippen LogP contribution in [0, 0.1) is 12.3 Å². The molecule has 0 unspecified atom stereocenters. The number of rotatable bonds is 9. The van der Waals surface area contributed by atoms with Gasteiger partial charge in [0.05, 0.1) is 17.7 Å². The van der Waals surface area contributed by atoms with Gasteiger partial charge in [-0.15, -0.1) is 0 Å². The van der Waals surface area contributed by atoms with Crippen molar-refractivity contribution in [1.82, 2.24) is 4.98 Å². The van der Waals surface area contributed by atoms with E-state index in [0.717, 1.165) is 60.4 Å². The number of ether oxygens (including phenoxy) is 1. The monoisotopic (exact) mass is 405 g/mol. The van der Waals surface area contributed by atoms with Gasteiger partial charge in [-0.05, 0) is 68.9 Å². The number of carboxylic acids is 1. The Labute approximate surface area is 176 Å². The molecular formula is C25H27NO4. The number of benzene rings is 2. The fraction of sp³-hybridized carbons (Fsp3) is 0.360. The largest absolute Gasteiger partial charge is 0.494 e. The summed E-state index contributed by atoms with van der Waals surface area (Å²) >= 11 is 0. The van der Waals surface area contributed by atoms with Gasteiger partial charge in [0.2, 0.25) is 5.89 Å². The highest BCUT2D eigenvalue weighted by molar-refractivity contribution is 5.76. The first kappa shape index (κ1) is 20.2. The Morgan fingerprint density at radius 3 is 2.50 bits per heavy atom. The van der Waals surface area contributed by atoms with Gasteiger partial charge in [0.15, 0.2) is 0 Å². The molecule has 5 heteroatoms. The van der Waals surface area contributed by atoms with Gasteiger partial charge < -0.3 is 14.3 Å². The Balaban J connectivity index is 1.26. The van der Waals surface area contributed by atoms with E-state index in [0.29, 0.717) is 18.9 Å². The lowest BCUT2D eigenvalue weighted by Gasteiger charge is -2.37. The van der Waals surface area contributed by atoms with Gasteiger partial charge in [0, 0.05) is 5.56 Å². The second-order valence-corrected chi connectivity index (χ2v) is 8.10. The predicted molar refractivity (Wildman–Crippen MR) is 115 cm³/mol. The van der Waals surface area contributed by atoms with Crippen LogP contribution in [0.5, 0.6) is 5.75 Å². The molecule has 2 aromatic carbocycles. The lowest BCUT2D eigenvalue weighted by atomic mass is 9.65. The van der Waals surface area contributed by atoms with E-state index in [1.165, 1.54) is 0 Å². The molecule has 1 N–H and O–H groups in total. The van der Waals surface area contributed by atoms with E-state index in [9.17, 15) is 9.90 Å². The highest BCUT2D eigenvalue weighted by Gasteiger charge is 2.44. The van der Waals surface area contributed by atoms with E-state index in [1.807, 2.05) is 61.5 Å². The average Bonchev–Trinajstić information content (AvgIpc) is 3.10. The maximum Gasteiger partial charge on any atom is 0.309 e. The number of aliphatic carboxylic acids is 1. The standard InChI is InChI=1S/C25H27NO4/c1-18-22(26-23(30-18)20-7-3-2-4-8-20)9-5-16-29-21-12-10-19(11-13-21)17-25(24(27)28)14-6-15-25/h2-4,7-8,10-13H,5-6,9,14-17H2,1H3,(H,27,28). The second-order valence-electron chi connectivity index (χ2n) is 8.10. The molecule has 0 aliphatic heterocycles. The van der Waals surface area contributed by atoms with E-state index in [-0.39, 0.29) is 0 Å². The minimum atomic E-state index is -0.673. The van der Waals surface area contributed by atoms with Gasteiger partial charge >= 0.3 is 5.97 Å². The van der Waals surface area contributed by atoms with Crippen LogP contribution in [0.15, 0.2) is 59.0 Å². The van der Waals surface area contributed by atoms with Crippen molar-refractivity contribution in [2.45, 2.75) is 45.4 Å². The molecule has 0 radical (unpaired) electrons. The lowest BCUT2D eigenvalue weighted by Crippen LogP contribution is -2.39. The number of aromatic nitrogens is 1. The van der Waals surface area contributed by atoms with Crippen molar-refractivity contribution in [3.05, 3.63) is 71.6 Å². The summed E-state index contributed by atoms with van der Waals surface area (Å²) in [5.41, 5.74) is 2.44. The Bertz CT molecular complexity index is 988. The Morgan fingerprint density at radius 1 is 1.13 bits per heavy atom. The minimum Gasteiger partial charge on any atom is -0.494 e. The molecule has 0 spiro atoms. The van der Waals surface area contributed by atoms with Crippen molar-refractivity contribution in [1.29, 1.82) is 0 Å². The quantitative estimate of drug-likeness (QED) is 0.479. The average molecular weight is 405 g/mol. The summed E-state index contributed by atoms with van der Waals surface area (Å²) in [6.07, 6.45) is 4.78. The van der Waals surface area contributed by atoms with E-state index < -0.39 is 11.4 Å². The highest BCUT2D eigenvalue weighted by atomic mass is 16.5. The first-order valence-corrected chi connectivity index (χ1v) is 10.5. The Hall–Kier alpha value is -3.08. The van der Waals surface area contributed by atoms with Crippen molar-refractivity contribution >= 4 is 5.97 Å². The van der Waals surface area contributed by atoms with Crippen LogP contribution in [-0.2, 0) is 17.6 Å². The maximum absolute atomic E-state index is 11.5. The smallest absolute Gasteiger partial charge is 0.309 e. The van der Waals surface area contributed by atoms with Crippen molar-refractivity contribution < 1.29 is 19.1 Å². The number of carboxylic acid groups (broad SMARTS) is 1. The molecule has 1 heterocycles. The first-order valence-electron chi connectivity index (χ1n) is 10.5. The van der Waals surface area contributed by atoms with Crippen LogP contribution in [0.2, 0.25) is 0 Å². The molecule has 3 aromatic rings. The van der Waals surface area contributed by atoms with Crippen molar-refractivity contribution in [3.8, 4) is 17.2 Å². The SMILES string of the molecule is Cc1oc(-c2ccccc2)nc1CCCOc1ccc(CC2(C(=O)O)CCC2)cc1. The van der Waals surface area contributed by atoms with Gasteiger partial charge in [-0.3, -0.25) is 4.79 Å². The summed E-state index contributed by atoms with van der Waals surface area (Å²) in [6.45, 7) is 2.53. The first-order chi connectivity index (χ1) is 14.6. The number of hydrogen-bond acceptors (Lipinski definition) is 4. The molecule has 1 aromatic heterocycles. The number of carbonyl (C=O) groups is 1. The van der Waals surface area contributed by atoms with Gasteiger partial charge in [-0.2, -0.15) is 0 Å². The third-order valence-electron chi connectivity index (χ3n) is 5.97. The summed E-state index contributed by atoms with van der Waals surface area (Å²) in [5.74, 6) is 1.64. The van der Waals surface area contributed by atoms with Crippen LogP contribution < -0.4 is 4.74 Å². The molecule has 4 rings (SSSR count). The zero-order valence-corrected chi connectivity index (χ0v) is 17.3. The number of hydrogen-bond donors (Lipinski definition) is 1. The minimum absolute atomic E-state index is 0.559. The molecule has 30 heavy (non-hydrogen) atoms. The molecular weight excluding hydrogens is 378 g/mol. The zero-order chi connectivity index (χ0) is 21.0. The van der Waals surface area contributed by atoms with Gasteiger partial charge in [0.1, 0.15) is 11.5 Å². The summed E-state index contributed by atoms with van der Waals surface area (Å²) < 4.78 is 11.7. The fourth-order valence-corrected chi connectivity index (χ4v) is 3.96. The van der Waals surface area contributed by atoms with Crippen LogP contribution in [0.3, 0.4) is 0 Å². The van der Waals surface area contributed by atoms with Crippen molar-refractivity contribution in [3.63, 3.8) is 0 Å². The van der Waals surface area contributed by atoms with Crippen LogP contribution in [0.25, 0.3) is 11.5 Å². The van der Waals surface area contributed by atoms with Crippen LogP contribution in [0.1, 0.15) is 42.7 Å². The second kappa shape index (κ2) is 8.74. The Kier molecular flexibility index (Phi) is 5.88. The molecule has 1 fully saturated rings. The molecule has 156 valence electrons. The third kappa shape index (κ3) is 4.40. The predicted octanol–water partition coefficient (Wildman–Crippen LogP) is 5.46. The van der Waals surface area contributed by atoms with Crippen LogP contribution in [-0.4, -0.2) is 22.7 Å². The van der Waals surface area contributed by atoms with Gasteiger partial charge in [-0.25, -0.2) is 4.98 Å². The molecule has 1 aliphatic rings. The Morgan fingerprint density at radius 2 is 1.87 bits per heavy atom.